The van der Waals surface area contributed by atoms with Crippen LogP contribution in [0.2, 0.25) is 0 Å². The fraction of sp³-hybridized carbons (Fsp3) is 0.591. The van der Waals surface area contributed by atoms with Gasteiger partial charge in [0.05, 0.1) is 6.04 Å². The van der Waals surface area contributed by atoms with Gasteiger partial charge < -0.3 is 31.5 Å². The number of hydrogen-bond acceptors (Lipinski definition) is 6. The van der Waals surface area contributed by atoms with Gasteiger partial charge in [0.15, 0.2) is 0 Å². The molecule has 0 spiro atoms. The molecule has 2 amide bonds. The standard InChI is InChI=1S/C22H36N4O5/c1-16(2)19(20(27)26-18(21(28)29)11-6-7-12-23)24-13-8-14-25-22(30)31-15-17-9-4-3-5-10-17/h3-5,9-10,16,18-19,24H,6-8,11-15,23H2,1-2H3,(H,25,30)(H,26,27)(H,28,29)/t18-,19-/m0/s1. The highest BCUT2D eigenvalue weighted by Crippen LogP contribution is 2.06. The third-order valence-electron chi connectivity index (χ3n) is 4.71. The van der Waals surface area contributed by atoms with Gasteiger partial charge in [0.1, 0.15) is 12.6 Å². The van der Waals surface area contributed by atoms with E-state index in [-0.39, 0.29) is 18.4 Å². The van der Waals surface area contributed by atoms with Gasteiger partial charge >= 0.3 is 12.1 Å². The number of benzene rings is 1. The van der Waals surface area contributed by atoms with Crippen LogP contribution < -0.4 is 21.7 Å². The van der Waals surface area contributed by atoms with Crippen LogP contribution in [0.15, 0.2) is 30.3 Å². The molecular weight excluding hydrogens is 400 g/mol. The summed E-state index contributed by atoms with van der Waals surface area (Å²) in [6.07, 6.45) is 1.79. The Labute approximate surface area is 184 Å². The van der Waals surface area contributed by atoms with Crippen molar-refractivity contribution in [2.45, 2.75) is 58.2 Å². The highest BCUT2D eigenvalue weighted by Gasteiger charge is 2.26. The van der Waals surface area contributed by atoms with Crippen LogP contribution in [-0.2, 0) is 20.9 Å². The van der Waals surface area contributed by atoms with Crippen molar-refractivity contribution < 1.29 is 24.2 Å². The first-order chi connectivity index (χ1) is 14.8. The highest BCUT2D eigenvalue weighted by molar-refractivity contribution is 5.87. The number of carbonyl (C=O) groups is 3. The lowest BCUT2D eigenvalue weighted by atomic mass is 10.0. The Morgan fingerprint density at radius 3 is 2.39 bits per heavy atom. The molecule has 0 aliphatic carbocycles. The van der Waals surface area contributed by atoms with Crippen LogP contribution in [-0.4, -0.2) is 54.8 Å². The van der Waals surface area contributed by atoms with Crippen molar-refractivity contribution in [1.82, 2.24) is 16.0 Å². The predicted molar refractivity (Wildman–Crippen MR) is 118 cm³/mol. The third-order valence-corrected chi connectivity index (χ3v) is 4.71. The lowest BCUT2D eigenvalue weighted by Crippen LogP contribution is -2.52. The molecule has 6 N–H and O–H groups in total. The van der Waals surface area contributed by atoms with E-state index in [4.69, 9.17) is 10.5 Å². The summed E-state index contributed by atoms with van der Waals surface area (Å²) in [6.45, 7) is 5.35. The summed E-state index contributed by atoms with van der Waals surface area (Å²) in [4.78, 5) is 35.7. The number of rotatable bonds is 15. The van der Waals surface area contributed by atoms with Crippen molar-refractivity contribution in [1.29, 1.82) is 0 Å². The van der Waals surface area contributed by atoms with E-state index in [2.05, 4.69) is 16.0 Å². The quantitative estimate of drug-likeness (QED) is 0.263. The molecule has 0 aliphatic rings. The van der Waals surface area contributed by atoms with Crippen LogP contribution in [0.5, 0.6) is 0 Å². The molecule has 0 heterocycles. The minimum Gasteiger partial charge on any atom is -0.480 e. The van der Waals surface area contributed by atoms with Gasteiger partial charge in [0.25, 0.3) is 0 Å². The van der Waals surface area contributed by atoms with E-state index in [0.29, 0.717) is 45.3 Å². The zero-order valence-electron chi connectivity index (χ0n) is 18.4. The summed E-state index contributed by atoms with van der Waals surface area (Å²) in [5, 5.41) is 17.8. The summed E-state index contributed by atoms with van der Waals surface area (Å²) in [6, 6.07) is 7.95. The zero-order valence-corrected chi connectivity index (χ0v) is 18.4. The monoisotopic (exact) mass is 436 g/mol. The molecule has 0 unspecified atom stereocenters. The van der Waals surface area contributed by atoms with E-state index in [0.717, 1.165) is 5.56 Å². The van der Waals surface area contributed by atoms with Crippen molar-refractivity contribution >= 4 is 18.0 Å². The number of ether oxygens (including phenoxy) is 1. The maximum absolute atomic E-state index is 12.6. The lowest BCUT2D eigenvalue weighted by molar-refractivity contribution is -0.142. The minimum atomic E-state index is -1.05. The second kappa shape index (κ2) is 15.2. The Bertz CT molecular complexity index is 669. The average molecular weight is 437 g/mol. The molecule has 1 rings (SSSR count). The first kappa shape index (κ1) is 26.4. The van der Waals surface area contributed by atoms with E-state index in [1.54, 1.807) is 0 Å². The molecule has 9 nitrogen and oxygen atoms in total. The number of carbonyl (C=O) groups excluding carboxylic acids is 2. The molecule has 2 atom stereocenters. The largest absolute Gasteiger partial charge is 0.480 e. The Hall–Kier alpha value is -2.65. The highest BCUT2D eigenvalue weighted by atomic mass is 16.5. The number of aliphatic carboxylic acids is 1. The summed E-state index contributed by atoms with van der Waals surface area (Å²) in [5.41, 5.74) is 6.35. The van der Waals surface area contributed by atoms with Crippen molar-refractivity contribution in [3.05, 3.63) is 35.9 Å². The Morgan fingerprint density at radius 1 is 1.06 bits per heavy atom. The van der Waals surface area contributed by atoms with Crippen LogP contribution in [0, 0.1) is 5.92 Å². The van der Waals surface area contributed by atoms with Gasteiger partial charge in [-0.2, -0.15) is 0 Å². The Morgan fingerprint density at radius 2 is 1.77 bits per heavy atom. The molecule has 0 saturated heterocycles. The molecule has 0 aliphatic heterocycles. The number of nitrogens with two attached hydrogens (primary N) is 1. The van der Waals surface area contributed by atoms with Crippen LogP contribution in [0.1, 0.15) is 45.1 Å². The van der Waals surface area contributed by atoms with E-state index >= 15 is 0 Å². The predicted octanol–water partition coefficient (Wildman–Crippen LogP) is 1.62. The van der Waals surface area contributed by atoms with Crippen LogP contribution in [0.25, 0.3) is 0 Å². The summed E-state index contributed by atoms with van der Waals surface area (Å²) < 4.78 is 5.14. The normalized spacial score (nSPS) is 12.8. The number of amides is 2. The molecule has 0 radical (unpaired) electrons. The minimum absolute atomic E-state index is 0.0257. The summed E-state index contributed by atoms with van der Waals surface area (Å²) in [7, 11) is 0. The van der Waals surface area contributed by atoms with E-state index in [1.165, 1.54) is 0 Å². The molecule has 1 aromatic carbocycles. The van der Waals surface area contributed by atoms with Crippen LogP contribution in [0.3, 0.4) is 0 Å². The molecule has 0 fully saturated rings. The maximum atomic E-state index is 12.6. The first-order valence-corrected chi connectivity index (χ1v) is 10.8. The molecule has 31 heavy (non-hydrogen) atoms. The molecule has 9 heteroatoms. The SMILES string of the molecule is CC(C)[C@H](NCCCNC(=O)OCc1ccccc1)C(=O)N[C@@H](CCCCN)C(=O)O. The van der Waals surface area contributed by atoms with Gasteiger partial charge in [0, 0.05) is 6.54 Å². The van der Waals surface area contributed by atoms with Crippen molar-refractivity contribution in [2.24, 2.45) is 11.7 Å². The van der Waals surface area contributed by atoms with Crippen LogP contribution in [0.4, 0.5) is 4.79 Å². The molecule has 0 saturated carbocycles. The van der Waals surface area contributed by atoms with Gasteiger partial charge in [-0.25, -0.2) is 9.59 Å². The number of nitrogens with one attached hydrogen (secondary N) is 3. The molecule has 0 aromatic heterocycles. The number of alkyl carbamates (subject to hydrolysis) is 1. The van der Waals surface area contributed by atoms with Gasteiger partial charge in [-0.05, 0) is 50.3 Å². The summed E-state index contributed by atoms with van der Waals surface area (Å²) in [5.74, 6) is -1.42. The zero-order chi connectivity index (χ0) is 23.1. The second-order valence-corrected chi connectivity index (χ2v) is 7.70. The number of carboxylic acids is 1. The van der Waals surface area contributed by atoms with Gasteiger partial charge in [-0.1, -0.05) is 44.2 Å². The Balaban J connectivity index is 2.33. The van der Waals surface area contributed by atoms with Gasteiger partial charge in [0.2, 0.25) is 5.91 Å². The second-order valence-electron chi connectivity index (χ2n) is 7.70. The van der Waals surface area contributed by atoms with Gasteiger partial charge in [-0.15, -0.1) is 0 Å². The lowest BCUT2D eigenvalue weighted by Gasteiger charge is -2.24. The number of hydrogen-bond donors (Lipinski definition) is 5. The van der Waals surface area contributed by atoms with Crippen molar-refractivity contribution in [3.63, 3.8) is 0 Å². The van der Waals surface area contributed by atoms with Gasteiger partial charge in [-0.3, -0.25) is 4.79 Å². The maximum Gasteiger partial charge on any atom is 0.407 e. The van der Waals surface area contributed by atoms with E-state index in [9.17, 15) is 19.5 Å². The fourth-order valence-electron chi connectivity index (χ4n) is 2.95. The van der Waals surface area contributed by atoms with E-state index < -0.39 is 24.1 Å². The van der Waals surface area contributed by atoms with E-state index in [1.807, 2.05) is 44.2 Å². The Kier molecular flexibility index (Phi) is 12.9. The molecular formula is C22H36N4O5. The first-order valence-electron chi connectivity index (χ1n) is 10.8. The molecule has 0 bridgehead atoms. The van der Waals surface area contributed by atoms with Crippen molar-refractivity contribution in [3.8, 4) is 0 Å². The smallest absolute Gasteiger partial charge is 0.407 e. The summed E-state index contributed by atoms with van der Waals surface area (Å²) >= 11 is 0. The molecule has 174 valence electrons. The topological polar surface area (TPSA) is 143 Å². The average Bonchev–Trinajstić information content (AvgIpc) is 2.74. The van der Waals surface area contributed by atoms with Crippen LogP contribution >= 0.6 is 0 Å². The third kappa shape index (κ3) is 11.4. The number of carboxylic acid groups (broad SMARTS) is 1. The van der Waals surface area contributed by atoms with Crippen molar-refractivity contribution in [2.75, 3.05) is 19.6 Å². The molecule has 1 aromatic rings. The number of unbranched alkanes of at least 4 members (excludes halogenated alkanes) is 1. The fourth-order valence-corrected chi connectivity index (χ4v) is 2.95.